The molecular weight excluding hydrogens is 279 g/mol. The van der Waals surface area contributed by atoms with E-state index in [1.165, 1.54) is 27.7 Å². The van der Waals surface area contributed by atoms with Crippen molar-refractivity contribution in [3.05, 3.63) is 42.0 Å². The Labute approximate surface area is 112 Å². The summed E-state index contributed by atoms with van der Waals surface area (Å²) in [5.41, 5.74) is 1.54. The quantitative estimate of drug-likeness (QED) is 0.588. The minimum atomic E-state index is -0.191. The molecule has 0 heterocycles. The third-order valence-corrected chi connectivity index (χ3v) is 4.30. The molecule has 0 fully saturated rings. The number of rotatable bonds is 2. The Morgan fingerprint density at radius 2 is 1.69 bits per heavy atom. The van der Waals surface area contributed by atoms with Crippen molar-refractivity contribution in [2.24, 2.45) is 0 Å². The van der Waals surface area contributed by atoms with Crippen LogP contribution in [0.5, 0.6) is 0 Å². The van der Waals surface area contributed by atoms with Gasteiger partial charge in [-0.15, -0.1) is 0 Å². The minimum absolute atomic E-state index is 0. The van der Waals surface area contributed by atoms with Crippen LogP contribution in [-0.4, -0.2) is 23.6 Å². The standard InChI is InChI=1S/C13H16PSi.Cu/c1-14(2)9-11-7-3-5-10-6-4-8-12(15)13(10)11;/h3-8H,9,15H2,1-2H3;/p+1. The molecule has 0 amide bonds. The second-order valence-corrected chi connectivity index (χ2v) is 7.85. The van der Waals surface area contributed by atoms with Gasteiger partial charge in [0.2, 0.25) is 0 Å². The Hall–Kier alpha value is -0.134. The first-order chi connectivity index (χ1) is 7.18. The Kier molecular flexibility index (Phi) is 5.20. The molecule has 0 aliphatic rings. The van der Waals surface area contributed by atoms with Crippen LogP contribution in [0.4, 0.5) is 0 Å². The maximum absolute atomic E-state index is 2.38. The molecule has 2 radical (unpaired) electrons. The maximum Gasteiger partial charge on any atom is 0.0820 e. The van der Waals surface area contributed by atoms with Gasteiger partial charge in [0.25, 0.3) is 0 Å². The summed E-state index contributed by atoms with van der Waals surface area (Å²) in [7, 11) is 1.81. The molecule has 0 saturated heterocycles. The Morgan fingerprint density at radius 1 is 1.06 bits per heavy atom. The van der Waals surface area contributed by atoms with Crippen LogP contribution in [0, 0.1) is 0 Å². The topological polar surface area (TPSA) is 0 Å². The van der Waals surface area contributed by atoms with E-state index in [9.17, 15) is 0 Å². The Balaban J connectivity index is 0.00000128. The summed E-state index contributed by atoms with van der Waals surface area (Å²) in [5, 5.41) is 4.32. The van der Waals surface area contributed by atoms with Crippen molar-refractivity contribution >= 4 is 34.1 Å². The second-order valence-electron chi connectivity index (χ2n) is 4.32. The zero-order valence-electron chi connectivity index (χ0n) is 9.68. The van der Waals surface area contributed by atoms with E-state index in [0.717, 1.165) is 0 Å². The molecule has 0 bridgehead atoms. The molecule has 0 saturated carbocycles. The first-order valence-electron chi connectivity index (χ1n) is 5.30. The van der Waals surface area contributed by atoms with Crippen LogP contribution in [0.15, 0.2) is 36.4 Å². The van der Waals surface area contributed by atoms with Gasteiger partial charge in [-0.1, -0.05) is 41.6 Å². The first kappa shape index (κ1) is 13.9. The molecule has 2 aromatic rings. The molecule has 0 nitrogen and oxygen atoms in total. The van der Waals surface area contributed by atoms with Crippen molar-refractivity contribution < 1.29 is 17.1 Å². The summed E-state index contributed by atoms with van der Waals surface area (Å²) < 4.78 is 0. The molecule has 16 heavy (non-hydrogen) atoms. The van der Waals surface area contributed by atoms with Crippen LogP contribution in [0.1, 0.15) is 5.56 Å². The number of benzene rings is 2. The molecule has 0 aliphatic heterocycles. The van der Waals surface area contributed by atoms with Crippen molar-refractivity contribution in [1.82, 2.24) is 0 Å². The van der Waals surface area contributed by atoms with E-state index in [0.29, 0.717) is 0 Å². The zero-order chi connectivity index (χ0) is 10.8. The normalized spacial score (nSPS) is 10.5. The van der Waals surface area contributed by atoms with Crippen LogP contribution in [0.25, 0.3) is 10.8 Å². The van der Waals surface area contributed by atoms with Gasteiger partial charge in [0, 0.05) is 40.6 Å². The fourth-order valence-corrected chi connectivity index (χ4v) is 3.65. The molecule has 0 N–H and O–H groups in total. The fourth-order valence-electron chi connectivity index (χ4n) is 2.03. The molecular formula is C13H17CuPSi+. The maximum atomic E-state index is 2.38. The molecule has 88 valence electrons. The summed E-state index contributed by atoms with van der Waals surface area (Å²) in [6.45, 7) is 4.76. The summed E-state index contributed by atoms with van der Waals surface area (Å²) in [6, 6.07) is 13.3. The van der Waals surface area contributed by atoms with Crippen molar-refractivity contribution in [1.29, 1.82) is 0 Å². The van der Waals surface area contributed by atoms with Gasteiger partial charge in [0.05, 0.1) is 6.16 Å². The number of fused-ring (bicyclic) bond motifs is 1. The van der Waals surface area contributed by atoms with Crippen LogP contribution in [0.2, 0.25) is 0 Å². The average molecular weight is 296 g/mol. The monoisotopic (exact) mass is 295 g/mol. The largest absolute Gasteiger partial charge is 0.0820 e. The zero-order valence-corrected chi connectivity index (χ0v) is 13.0. The fraction of sp³-hybridized carbons (Fsp3) is 0.231. The SMILES string of the molecule is C[PH+](C)Cc1cccc2cccc([SiH2])c12.[Cu]. The van der Waals surface area contributed by atoms with Gasteiger partial charge >= 0.3 is 0 Å². The van der Waals surface area contributed by atoms with E-state index < -0.39 is 0 Å². The predicted molar refractivity (Wildman–Crippen MR) is 76.0 cm³/mol. The van der Waals surface area contributed by atoms with Crippen molar-refractivity contribution in [2.45, 2.75) is 6.16 Å². The molecule has 2 aromatic carbocycles. The molecule has 0 spiro atoms. The molecule has 2 rings (SSSR count). The molecule has 0 aromatic heterocycles. The minimum Gasteiger partial charge on any atom is -0.0633 e. The Bertz CT molecular complexity index is 477. The molecule has 0 aliphatic carbocycles. The van der Waals surface area contributed by atoms with Gasteiger partial charge in [-0.25, -0.2) is 0 Å². The van der Waals surface area contributed by atoms with Crippen LogP contribution in [-0.2, 0) is 23.2 Å². The van der Waals surface area contributed by atoms with Gasteiger partial charge in [0.15, 0.2) is 0 Å². The number of hydrogen-bond acceptors (Lipinski definition) is 0. The summed E-state index contributed by atoms with van der Waals surface area (Å²) in [4.78, 5) is 0. The van der Waals surface area contributed by atoms with E-state index in [2.05, 4.69) is 49.7 Å². The van der Waals surface area contributed by atoms with Crippen molar-refractivity contribution in [3.63, 3.8) is 0 Å². The summed E-state index contributed by atoms with van der Waals surface area (Å²) in [6.07, 6.45) is 1.28. The third kappa shape index (κ3) is 2.96. The number of hydrogen-bond donors (Lipinski definition) is 0. The van der Waals surface area contributed by atoms with Gasteiger partial charge < -0.3 is 0 Å². The van der Waals surface area contributed by atoms with Gasteiger partial charge in [-0.2, -0.15) is 0 Å². The van der Waals surface area contributed by atoms with E-state index >= 15 is 0 Å². The van der Waals surface area contributed by atoms with E-state index in [-0.39, 0.29) is 25.0 Å². The average Bonchev–Trinajstić information content (AvgIpc) is 2.17. The van der Waals surface area contributed by atoms with Crippen molar-refractivity contribution in [3.8, 4) is 0 Å². The van der Waals surface area contributed by atoms with E-state index in [4.69, 9.17) is 0 Å². The first-order valence-corrected chi connectivity index (χ1v) is 8.71. The van der Waals surface area contributed by atoms with Crippen LogP contribution < -0.4 is 5.19 Å². The second kappa shape index (κ2) is 5.98. The van der Waals surface area contributed by atoms with E-state index in [1.807, 2.05) is 10.2 Å². The smallest absolute Gasteiger partial charge is 0.0633 e. The summed E-state index contributed by atoms with van der Waals surface area (Å²) in [5.74, 6) is 0. The molecule has 0 atom stereocenters. The van der Waals surface area contributed by atoms with Crippen LogP contribution in [0.3, 0.4) is 0 Å². The van der Waals surface area contributed by atoms with E-state index in [1.54, 1.807) is 0 Å². The van der Waals surface area contributed by atoms with Crippen molar-refractivity contribution in [2.75, 3.05) is 13.3 Å². The third-order valence-electron chi connectivity index (χ3n) is 2.62. The molecule has 0 unspecified atom stereocenters. The Morgan fingerprint density at radius 3 is 2.31 bits per heavy atom. The van der Waals surface area contributed by atoms with Crippen LogP contribution >= 0.6 is 7.92 Å². The molecule has 3 heteroatoms. The summed E-state index contributed by atoms with van der Waals surface area (Å²) >= 11 is 0. The van der Waals surface area contributed by atoms with Gasteiger partial charge in [-0.05, 0) is 24.3 Å². The van der Waals surface area contributed by atoms with Gasteiger partial charge in [-0.3, -0.25) is 0 Å². The van der Waals surface area contributed by atoms with Gasteiger partial charge in [0.1, 0.15) is 0 Å². The predicted octanol–water partition coefficient (Wildman–Crippen LogP) is 2.07.